The van der Waals surface area contributed by atoms with Crippen molar-refractivity contribution in [3.63, 3.8) is 0 Å². The number of rotatable bonds is 5. The summed E-state index contributed by atoms with van der Waals surface area (Å²) in [5.74, 6) is -1.09. The molecule has 142 valence electrons. The van der Waals surface area contributed by atoms with E-state index >= 15 is 0 Å². The van der Waals surface area contributed by atoms with E-state index in [-0.39, 0.29) is 0 Å². The zero-order chi connectivity index (χ0) is 19.5. The van der Waals surface area contributed by atoms with Crippen LogP contribution in [-0.4, -0.2) is 16.3 Å². The van der Waals surface area contributed by atoms with Gasteiger partial charge in [0.15, 0.2) is 0 Å². The van der Waals surface area contributed by atoms with Gasteiger partial charge in [-0.25, -0.2) is 0 Å². The molecule has 0 saturated heterocycles. The monoisotopic (exact) mass is 372 g/mol. The molecular weight excluding hydrogens is 348 g/mol. The summed E-state index contributed by atoms with van der Waals surface area (Å²) in [6.45, 7) is 2.60. The molecule has 0 fully saturated rings. The third kappa shape index (κ3) is 3.77. The molecule has 1 aliphatic rings. The second kappa shape index (κ2) is 7.85. The molecule has 0 aliphatic heterocycles. The Hall–Kier alpha value is -3.14. The first-order valence-corrected chi connectivity index (χ1v) is 9.79. The lowest BCUT2D eigenvalue weighted by molar-refractivity contribution is -0.112. The lowest BCUT2D eigenvalue weighted by atomic mass is 9.90. The Labute approximate surface area is 165 Å². The third-order valence-corrected chi connectivity index (χ3v) is 5.39. The Morgan fingerprint density at radius 2 is 1.75 bits per heavy atom. The predicted octanol–water partition coefficient (Wildman–Crippen LogP) is 4.55. The van der Waals surface area contributed by atoms with Gasteiger partial charge in [-0.2, -0.15) is 0 Å². The van der Waals surface area contributed by atoms with Crippen molar-refractivity contribution in [3.8, 4) is 0 Å². The molecule has 0 bridgehead atoms. The maximum absolute atomic E-state index is 12.8. The molecule has 1 N–H and O–H groups in total. The highest BCUT2D eigenvalue weighted by Crippen LogP contribution is 2.28. The lowest BCUT2D eigenvalue weighted by Crippen LogP contribution is -2.26. The van der Waals surface area contributed by atoms with Gasteiger partial charge in [0.05, 0.1) is 5.69 Å². The second-order valence-corrected chi connectivity index (χ2v) is 7.44. The second-order valence-electron chi connectivity index (χ2n) is 7.44. The Bertz CT molecular complexity index is 1020. The third-order valence-electron chi connectivity index (χ3n) is 5.39. The summed E-state index contributed by atoms with van der Waals surface area (Å²) in [7, 11) is 0. The van der Waals surface area contributed by atoms with E-state index in [1.807, 2.05) is 54.1 Å². The number of hydrogen-bond donors (Lipinski definition) is 1. The van der Waals surface area contributed by atoms with Crippen LogP contribution in [0.1, 0.15) is 45.6 Å². The molecule has 0 saturated carbocycles. The summed E-state index contributed by atoms with van der Waals surface area (Å²) in [4.78, 5) is 25.5. The Morgan fingerprint density at radius 1 is 0.964 bits per heavy atom. The number of aromatic nitrogens is 1. The van der Waals surface area contributed by atoms with Crippen molar-refractivity contribution in [3.05, 3.63) is 88.7 Å². The van der Waals surface area contributed by atoms with E-state index in [0.29, 0.717) is 12.2 Å². The van der Waals surface area contributed by atoms with E-state index < -0.39 is 11.7 Å². The van der Waals surface area contributed by atoms with Crippen molar-refractivity contribution in [1.29, 1.82) is 0 Å². The number of Topliss-reactive ketones (excluding diaryl/α,β-unsaturated/α-hetero) is 1. The van der Waals surface area contributed by atoms with Crippen molar-refractivity contribution >= 4 is 17.4 Å². The van der Waals surface area contributed by atoms with Gasteiger partial charge in [-0.05, 0) is 67.5 Å². The van der Waals surface area contributed by atoms with Gasteiger partial charge in [-0.3, -0.25) is 9.59 Å². The fourth-order valence-electron chi connectivity index (χ4n) is 3.84. The van der Waals surface area contributed by atoms with Crippen LogP contribution in [0.5, 0.6) is 0 Å². The summed E-state index contributed by atoms with van der Waals surface area (Å²) >= 11 is 0. The fraction of sp³-hybridized carbons (Fsp3) is 0.250. The number of nitrogens with zero attached hydrogens (tertiary/aromatic N) is 1. The number of anilines is 1. The van der Waals surface area contributed by atoms with Crippen molar-refractivity contribution < 1.29 is 9.59 Å². The maximum Gasteiger partial charge on any atom is 0.298 e. The largest absolute Gasteiger partial charge is 0.340 e. The Kier molecular flexibility index (Phi) is 5.11. The van der Waals surface area contributed by atoms with Gasteiger partial charge >= 0.3 is 0 Å². The maximum atomic E-state index is 12.8. The Morgan fingerprint density at radius 3 is 2.57 bits per heavy atom. The number of fused-ring (bicyclic) bond motifs is 1. The molecule has 0 unspecified atom stereocenters. The van der Waals surface area contributed by atoms with E-state index in [1.54, 1.807) is 12.1 Å². The van der Waals surface area contributed by atoms with Crippen LogP contribution in [0.2, 0.25) is 0 Å². The SMILES string of the molecule is Cc1ccc(Cn2cccc2C(=O)C(=O)Nc2cccc3c2CCCC3)cc1. The highest BCUT2D eigenvalue weighted by Gasteiger charge is 2.22. The minimum atomic E-state index is -0.581. The first-order valence-electron chi connectivity index (χ1n) is 9.79. The number of hydrogen-bond acceptors (Lipinski definition) is 2. The fourth-order valence-corrected chi connectivity index (χ4v) is 3.84. The van der Waals surface area contributed by atoms with E-state index in [9.17, 15) is 9.59 Å². The summed E-state index contributed by atoms with van der Waals surface area (Å²) in [6, 6.07) is 17.6. The molecule has 1 aromatic heterocycles. The molecule has 28 heavy (non-hydrogen) atoms. The highest BCUT2D eigenvalue weighted by molar-refractivity contribution is 6.46. The quantitative estimate of drug-likeness (QED) is 0.528. The van der Waals surface area contributed by atoms with E-state index in [2.05, 4.69) is 11.4 Å². The highest BCUT2D eigenvalue weighted by atomic mass is 16.2. The van der Waals surface area contributed by atoms with E-state index in [1.165, 1.54) is 23.1 Å². The van der Waals surface area contributed by atoms with Crippen molar-refractivity contribution in [2.24, 2.45) is 0 Å². The normalized spacial score (nSPS) is 13.0. The summed E-state index contributed by atoms with van der Waals surface area (Å²) in [5.41, 5.74) is 5.91. The van der Waals surface area contributed by atoms with Crippen LogP contribution in [0.25, 0.3) is 0 Å². The number of carbonyl (C=O) groups is 2. The average Bonchev–Trinajstić information content (AvgIpc) is 3.17. The van der Waals surface area contributed by atoms with Crippen LogP contribution in [0, 0.1) is 6.92 Å². The Balaban J connectivity index is 1.52. The molecular formula is C24H24N2O2. The van der Waals surface area contributed by atoms with Crippen molar-refractivity contribution in [2.45, 2.75) is 39.2 Å². The van der Waals surface area contributed by atoms with E-state index in [4.69, 9.17) is 0 Å². The molecule has 4 heteroatoms. The van der Waals surface area contributed by atoms with Crippen LogP contribution in [0.15, 0.2) is 60.8 Å². The number of aryl methyl sites for hydroxylation is 2. The van der Waals surface area contributed by atoms with Crippen LogP contribution in [-0.2, 0) is 24.2 Å². The van der Waals surface area contributed by atoms with Crippen LogP contribution < -0.4 is 5.32 Å². The molecule has 0 atom stereocenters. The number of nitrogens with one attached hydrogen (secondary N) is 1. The minimum Gasteiger partial charge on any atom is -0.340 e. The van der Waals surface area contributed by atoms with Gasteiger partial charge in [-0.15, -0.1) is 0 Å². The molecule has 0 radical (unpaired) electrons. The summed E-state index contributed by atoms with van der Waals surface area (Å²) in [5, 5.41) is 2.85. The zero-order valence-corrected chi connectivity index (χ0v) is 16.1. The summed E-state index contributed by atoms with van der Waals surface area (Å²) in [6.07, 6.45) is 6.12. The molecule has 0 spiro atoms. The lowest BCUT2D eigenvalue weighted by Gasteiger charge is -2.19. The summed E-state index contributed by atoms with van der Waals surface area (Å²) < 4.78 is 1.83. The first kappa shape index (κ1) is 18.2. The van der Waals surface area contributed by atoms with Gasteiger partial charge in [0.2, 0.25) is 0 Å². The van der Waals surface area contributed by atoms with Crippen LogP contribution >= 0.6 is 0 Å². The standard InChI is InChI=1S/C24H24N2O2/c1-17-11-13-18(14-12-17)16-26-15-5-10-22(26)23(27)24(28)25-21-9-4-7-19-6-2-3-8-20(19)21/h4-5,7,9-15H,2-3,6,8,16H2,1H3,(H,25,28). The molecule has 2 aromatic carbocycles. The number of amides is 1. The molecule has 4 rings (SSSR count). The first-order chi connectivity index (χ1) is 13.6. The van der Waals surface area contributed by atoms with Crippen LogP contribution in [0.4, 0.5) is 5.69 Å². The van der Waals surface area contributed by atoms with Gasteiger partial charge < -0.3 is 9.88 Å². The topological polar surface area (TPSA) is 51.1 Å². The zero-order valence-electron chi connectivity index (χ0n) is 16.1. The van der Waals surface area contributed by atoms with Gasteiger partial charge in [0, 0.05) is 18.4 Å². The molecule has 1 aliphatic carbocycles. The predicted molar refractivity (Wildman–Crippen MR) is 111 cm³/mol. The van der Waals surface area contributed by atoms with E-state index in [0.717, 1.165) is 30.5 Å². The average molecular weight is 372 g/mol. The smallest absolute Gasteiger partial charge is 0.298 e. The van der Waals surface area contributed by atoms with Gasteiger partial charge in [0.25, 0.3) is 11.7 Å². The molecule has 1 amide bonds. The van der Waals surface area contributed by atoms with Gasteiger partial charge in [-0.1, -0.05) is 42.0 Å². The van der Waals surface area contributed by atoms with Crippen molar-refractivity contribution in [2.75, 3.05) is 5.32 Å². The minimum absolute atomic E-state index is 0.405. The number of benzene rings is 2. The van der Waals surface area contributed by atoms with Crippen molar-refractivity contribution in [1.82, 2.24) is 4.57 Å². The number of ketones is 1. The molecule has 1 heterocycles. The number of carbonyl (C=O) groups excluding carboxylic acids is 2. The van der Waals surface area contributed by atoms with Gasteiger partial charge in [0.1, 0.15) is 0 Å². The molecule has 3 aromatic rings. The molecule has 4 nitrogen and oxygen atoms in total. The van der Waals surface area contributed by atoms with Crippen LogP contribution in [0.3, 0.4) is 0 Å².